The van der Waals surface area contributed by atoms with E-state index in [0.29, 0.717) is 10.8 Å². The minimum Gasteiger partial charge on any atom is -0.492 e. The summed E-state index contributed by atoms with van der Waals surface area (Å²) in [5.74, 6) is 0.531. The number of hydrogen-bond acceptors (Lipinski definition) is 5. The molecule has 0 bridgehead atoms. The highest BCUT2D eigenvalue weighted by Crippen LogP contribution is 2.20. The van der Waals surface area contributed by atoms with Gasteiger partial charge in [-0.25, -0.2) is 8.42 Å². The van der Waals surface area contributed by atoms with Crippen LogP contribution in [0, 0.1) is 10.1 Å². The van der Waals surface area contributed by atoms with E-state index in [1.54, 1.807) is 24.3 Å². The molecule has 0 spiro atoms. The minimum atomic E-state index is -3.83. The Labute approximate surface area is 144 Å². The predicted octanol–water partition coefficient (Wildman–Crippen LogP) is 2.95. The van der Waals surface area contributed by atoms with Crippen molar-refractivity contribution in [3.8, 4) is 5.75 Å². The van der Waals surface area contributed by atoms with Gasteiger partial charge >= 0.3 is 0 Å². The summed E-state index contributed by atoms with van der Waals surface area (Å²) in [6, 6.07) is 11.7. The number of benzene rings is 2. The van der Waals surface area contributed by atoms with E-state index in [9.17, 15) is 18.5 Å². The minimum absolute atomic E-state index is 0.0809. The third-order valence-corrected chi connectivity index (χ3v) is 5.30. The number of halogens is 1. The van der Waals surface area contributed by atoms with Gasteiger partial charge in [-0.3, -0.25) is 10.1 Å². The van der Waals surface area contributed by atoms with Gasteiger partial charge in [0.05, 0.1) is 9.82 Å². The van der Waals surface area contributed by atoms with Gasteiger partial charge in [0.1, 0.15) is 12.4 Å². The highest BCUT2D eigenvalue weighted by Gasteiger charge is 2.22. The summed E-state index contributed by atoms with van der Waals surface area (Å²) < 4.78 is 31.4. The van der Waals surface area contributed by atoms with Gasteiger partial charge in [-0.2, -0.15) is 4.31 Å². The second-order valence-electron chi connectivity index (χ2n) is 4.89. The zero-order chi connectivity index (χ0) is 17.7. The molecule has 9 heteroatoms. The Morgan fingerprint density at radius 1 is 1.21 bits per heavy atom. The number of likely N-dealkylation sites (N-methyl/N-ethyl adjacent to an activating group) is 1. The number of nitro benzene ring substituents is 1. The first-order valence-electron chi connectivity index (χ1n) is 6.90. The van der Waals surface area contributed by atoms with Gasteiger partial charge < -0.3 is 4.74 Å². The lowest BCUT2D eigenvalue weighted by molar-refractivity contribution is -0.385. The molecule has 0 aliphatic heterocycles. The zero-order valence-electron chi connectivity index (χ0n) is 12.8. The topological polar surface area (TPSA) is 89.8 Å². The van der Waals surface area contributed by atoms with Crippen molar-refractivity contribution in [3.05, 3.63) is 63.7 Å². The molecule has 0 N–H and O–H groups in total. The molecular weight excluding hydrogens is 356 g/mol. The number of ether oxygens (including phenoxy) is 1. The van der Waals surface area contributed by atoms with Crippen LogP contribution in [0.5, 0.6) is 5.75 Å². The zero-order valence-corrected chi connectivity index (χ0v) is 14.3. The summed E-state index contributed by atoms with van der Waals surface area (Å²) in [6.07, 6.45) is 0. The van der Waals surface area contributed by atoms with E-state index in [-0.39, 0.29) is 23.7 Å². The molecule has 0 unspecified atom stereocenters. The standard InChI is InChI=1S/C15H15ClN2O5S/c1-17(8-9-23-14-6-2-4-12(16)10-14)24(21,22)15-7-3-5-13(11-15)18(19)20/h2-7,10-11H,8-9H2,1H3. The van der Waals surface area contributed by atoms with Crippen molar-refractivity contribution in [2.24, 2.45) is 0 Å². The molecule has 7 nitrogen and oxygen atoms in total. The van der Waals surface area contributed by atoms with Crippen LogP contribution in [0.1, 0.15) is 0 Å². The largest absolute Gasteiger partial charge is 0.492 e. The monoisotopic (exact) mass is 370 g/mol. The quantitative estimate of drug-likeness (QED) is 0.552. The smallest absolute Gasteiger partial charge is 0.270 e. The van der Waals surface area contributed by atoms with Crippen molar-refractivity contribution < 1.29 is 18.1 Å². The van der Waals surface area contributed by atoms with Crippen LogP contribution >= 0.6 is 11.6 Å². The fourth-order valence-corrected chi connectivity index (χ4v) is 3.28. The number of non-ortho nitro benzene ring substituents is 1. The summed E-state index contributed by atoms with van der Waals surface area (Å²) in [4.78, 5) is 10.00. The first kappa shape index (κ1) is 18.2. The third-order valence-electron chi connectivity index (χ3n) is 3.21. The highest BCUT2D eigenvalue weighted by atomic mass is 35.5. The first-order valence-corrected chi connectivity index (χ1v) is 8.71. The maximum Gasteiger partial charge on any atom is 0.270 e. The molecule has 24 heavy (non-hydrogen) atoms. The summed E-state index contributed by atoms with van der Waals surface area (Å²) in [5.41, 5.74) is -0.278. The van der Waals surface area contributed by atoms with E-state index in [0.717, 1.165) is 10.4 Å². The first-order chi connectivity index (χ1) is 11.3. The Balaban J connectivity index is 2.04. The second-order valence-corrected chi connectivity index (χ2v) is 7.37. The van der Waals surface area contributed by atoms with Crippen LogP contribution in [0.3, 0.4) is 0 Å². The summed E-state index contributed by atoms with van der Waals surface area (Å²) >= 11 is 5.84. The molecule has 0 aliphatic rings. The average Bonchev–Trinajstić information content (AvgIpc) is 2.55. The van der Waals surface area contributed by atoms with Gasteiger partial charge in [0.2, 0.25) is 10.0 Å². The number of sulfonamides is 1. The summed E-state index contributed by atoms with van der Waals surface area (Å²) in [5, 5.41) is 11.3. The molecule has 0 heterocycles. The molecular formula is C15H15ClN2O5S. The van der Waals surface area contributed by atoms with Crippen molar-refractivity contribution in [1.82, 2.24) is 4.31 Å². The van der Waals surface area contributed by atoms with Gasteiger partial charge in [0, 0.05) is 30.7 Å². The lowest BCUT2D eigenvalue weighted by atomic mass is 10.3. The Kier molecular flexibility index (Phi) is 5.76. The van der Waals surface area contributed by atoms with Crippen molar-refractivity contribution in [2.75, 3.05) is 20.2 Å². The molecule has 0 saturated carbocycles. The lowest BCUT2D eigenvalue weighted by Crippen LogP contribution is -2.31. The van der Waals surface area contributed by atoms with E-state index in [1.807, 2.05) is 0 Å². The van der Waals surface area contributed by atoms with Crippen molar-refractivity contribution in [3.63, 3.8) is 0 Å². The molecule has 0 fully saturated rings. The fourth-order valence-electron chi connectivity index (χ4n) is 1.91. The van der Waals surface area contributed by atoms with E-state index in [1.165, 1.54) is 25.2 Å². The number of nitrogens with zero attached hydrogens (tertiary/aromatic N) is 2. The summed E-state index contributed by atoms with van der Waals surface area (Å²) in [7, 11) is -2.45. The molecule has 0 amide bonds. The molecule has 0 radical (unpaired) electrons. The van der Waals surface area contributed by atoms with Crippen LogP contribution in [0.2, 0.25) is 5.02 Å². The maximum atomic E-state index is 12.4. The number of nitro groups is 1. The van der Waals surface area contributed by atoms with Gasteiger partial charge in [0.25, 0.3) is 5.69 Å². The molecule has 128 valence electrons. The molecule has 0 aliphatic carbocycles. The van der Waals surface area contributed by atoms with Crippen LogP contribution in [0.15, 0.2) is 53.4 Å². The Bertz CT molecular complexity index is 841. The Morgan fingerprint density at radius 2 is 1.92 bits per heavy atom. The third kappa shape index (κ3) is 4.44. The van der Waals surface area contributed by atoms with Crippen LogP contribution in [0.25, 0.3) is 0 Å². The Morgan fingerprint density at radius 3 is 2.58 bits per heavy atom. The molecule has 2 aromatic rings. The molecule has 0 saturated heterocycles. The molecule has 0 aromatic heterocycles. The molecule has 2 aromatic carbocycles. The van der Waals surface area contributed by atoms with E-state index in [2.05, 4.69) is 0 Å². The number of hydrogen-bond donors (Lipinski definition) is 0. The van der Waals surface area contributed by atoms with Crippen molar-refractivity contribution >= 4 is 27.3 Å². The highest BCUT2D eigenvalue weighted by molar-refractivity contribution is 7.89. The van der Waals surface area contributed by atoms with Gasteiger partial charge in [-0.05, 0) is 24.3 Å². The van der Waals surface area contributed by atoms with Crippen LogP contribution in [-0.2, 0) is 10.0 Å². The van der Waals surface area contributed by atoms with Crippen molar-refractivity contribution in [2.45, 2.75) is 4.90 Å². The fraction of sp³-hybridized carbons (Fsp3) is 0.200. The normalized spacial score (nSPS) is 11.5. The van der Waals surface area contributed by atoms with E-state index in [4.69, 9.17) is 16.3 Å². The Hall–Kier alpha value is -2.16. The average molecular weight is 371 g/mol. The van der Waals surface area contributed by atoms with E-state index < -0.39 is 14.9 Å². The van der Waals surface area contributed by atoms with Gasteiger partial charge in [-0.15, -0.1) is 0 Å². The van der Waals surface area contributed by atoms with Gasteiger partial charge in [-0.1, -0.05) is 23.7 Å². The predicted molar refractivity (Wildman–Crippen MR) is 89.9 cm³/mol. The van der Waals surface area contributed by atoms with Crippen LogP contribution in [-0.4, -0.2) is 37.8 Å². The van der Waals surface area contributed by atoms with Crippen LogP contribution < -0.4 is 4.74 Å². The second kappa shape index (κ2) is 7.61. The van der Waals surface area contributed by atoms with E-state index >= 15 is 0 Å². The van der Waals surface area contributed by atoms with Crippen molar-refractivity contribution in [1.29, 1.82) is 0 Å². The summed E-state index contributed by atoms with van der Waals surface area (Å²) in [6.45, 7) is 0.197. The van der Waals surface area contributed by atoms with Gasteiger partial charge in [0.15, 0.2) is 0 Å². The molecule has 2 rings (SSSR count). The van der Waals surface area contributed by atoms with Crippen LogP contribution in [0.4, 0.5) is 5.69 Å². The lowest BCUT2D eigenvalue weighted by Gasteiger charge is -2.17. The SMILES string of the molecule is CN(CCOc1cccc(Cl)c1)S(=O)(=O)c1cccc([N+](=O)[O-])c1. The molecule has 0 atom stereocenters. The maximum absolute atomic E-state index is 12.4. The number of rotatable bonds is 7.